The molecule has 0 saturated carbocycles. The van der Waals surface area contributed by atoms with Gasteiger partial charge in [-0.25, -0.2) is 4.98 Å². The fourth-order valence-corrected chi connectivity index (χ4v) is 4.43. The highest BCUT2D eigenvalue weighted by molar-refractivity contribution is 6.01. The number of aromatic nitrogens is 2. The standard InChI is InChI=1S/C25H36N6O3/c1-4-6-19(26)22-23(28-3)25(33)30-24(29-22)18-15-17(8-9-20(18)34-5-2)31-13-11-16(12-14-31)7-10-21(27)32/h8-9,15-16,26,28H,4-7,10-14H2,1-3H3,(H2,27,32)(H,29,30,33). The number of anilines is 2. The van der Waals surface area contributed by atoms with Crippen molar-refractivity contribution in [1.82, 2.24) is 9.97 Å². The van der Waals surface area contributed by atoms with Gasteiger partial charge in [-0.2, -0.15) is 0 Å². The topological polar surface area (TPSA) is 137 Å². The second kappa shape index (κ2) is 11.7. The number of carbonyl (C=O) groups is 1. The van der Waals surface area contributed by atoms with Crippen molar-refractivity contribution in [3.05, 3.63) is 34.2 Å². The maximum Gasteiger partial charge on any atom is 0.275 e. The molecule has 1 aromatic heterocycles. The van der Waals surface area contributed by atoms with E-state index in [9.17, 15) is 9.59 Å². The van der Waals surface area contributed by atoms with Crippen LogP contribution in [-0.4, -0.2) is 48.3 Å². The number of nitrogens with two attached hydrogens (primary N) is 1. The van der Waals surface area contributed by atoms with Crippen molar-refractivity contribution < 1.29 is 9.53 Å². The molecule has 2 aromatic rings. The fourth-order valence-electron chi connectivity index (χ4n) is 4.43. The largest absolute Gasteiger partial charge is 0.493 e. The van der Waals surface area contributed by atoms with Crippen LogP contribution >= 0.6 is 0 Å². The molecular formula is C25H36N6O3. The number of H-pyrrole nitrogens is 1. The second-order valence-corrected chi connectivity index (χ2v) is 8.67. The van der Waals surface area contributed by atoms with Crippen LogP contribution in [0.1, 0.15) is 58.1 Å². The van der Waals surface area contributed by atoms with Crippen molar-refractivity contribution in [2.24, 2.45) is 11.7 Å². The molecule has 1 aliphatic heterocycles. The number of hydrogen-bond acceptors (Lipinski definition) is 7. The summed E-state index contributed by atoms with van der Waals surface area (Å²) in [5.74, 6) is 1.29. The van der Waals surface area contributed by atoms with E-state index in [1.807, 2.05) is 32.0 Å². The smallest absolute Gasteiger partial charge is 0.275 e. The monoisotopic (exact) mass is 468 g/mol. The van der Waals surface area contributed by atoms with Gasteiger partial charge in [0, 0.05) is 32.2 Å². The minimum absolute atomic E-state index is 0.240. The molecule has 34 heavy (non-hydrogen) atoms. The summed E-state index contributed by atoms with van der Waals surface area (Å²) in [6.07, 6.45) is 4.61. The average molecular weight is 469 g/mol. The first-order valence-corrected chi connectivity index (χ1v) is 12.1. The molecule has 9 nitrogen and oxygen atoms in total. The molecule has 3 rings (SSSR count). The maximum atomic E-state index is 12.8. The summed E-state index contributed by atoms with van der Waals surface area (Å²) in [6.45, 7) is 6.15. The Labute approximate surface area is 200 Å². The first-order valence-electron chi connectivity index (χ1n) is 12.1. The Morgan fingerprint density at radius 1 is 1.29 bits per heavy atom. The van der Waals surface area contributed by atoms with Crippen LogP contribution in [0.5, 0.6) is 5.75 Å². The minimum atomic E-state index is -0.313. The Morgan fingerprint density at radius 3 is 2.65 bits per heavy atom. The van der Waals surface area contributed by atoms with E-state index in [0.29, 0.717) is 59.6 Å². The molecule has 1 aliphatic rings. The Bertz CT molecular complexity index is 1070. The van der Waals surface area contributed by atoms with E-state index in [1.165, 1.54) is 0 Å². The molecule has 0 unspecified atom stereocenters. The SMILES string of the molecule is CCCC(=N)c1nc(-c2cc(N3CCC(CCC(N)=O)CC3)ccc2OCC)[nH]c(=O)c1NC. The van der Waals surface area contributed by atoms with E-state index in [4.69, 9.17) is 20.9 Å². The number of benzene rings is 1. The van der Waals surface area contributed by atoms with Crippen molar-refractivity contribution >= 4 is 23.0 Å². The Hall–Kier alpha value is -3.36. The molecule has 2 heterocycles. The highest BCUT2D eigenvalue weighted by Crippen LogP contribution is 2.34. The van der Waals surface area contributed by atoms with Crippen molar-refractivity contribution in [3.63, 3.8) is 0 Å². The third kappa shape index (κ3) is 5.95. The molecule has 5 N–H and O–H groups in total. The van der Waals surface area contributed by atoms with Gasteiger partial charge >= 0.3 is 0 Å². The van der Waals surface area contributed by atoms with Crippen molar-refractivity contribution in [2.75, 3.05) is 37.0 Å². The molecule has 0 bridgehead atoms. The van der Waals surface area contributed by atoms with E-state index in [0.717, 1.165) is 44.5 Å². The van der Waals surface area contributed by atoms with Gasteiger partial charge in [0.2, 0.25) is 5.91 Å². The van der Waals surface area contributed by atoms with Crippen LogP contribution in [-0.2, 0) is 4.79 Å². The zero-order chi connectivity index (χ0) is 24.7. The van der Waals surface area contributed by atoms with Gasteiger partial charge < -0.3 is 31.1 Å². The lowest BCUT2D eigenvalue weighted by Gasteiger charge is -2.34. The van der Waals surface area contributed by atoms with Gasteiger partial charge in [0.05, 0.1) is 17.9 Å². The highest BCUT2D eigenvalue weighted by atomic mass is 16.5. The predicted molar refractivity (Wildman–Crippen MR) is 136 cm³/mol. The van der Waals surface area contributed by atoms with E-state index in [2.05, 4.69) is 15.2 Å². The second-order valence-electron chi connectivity index (χ2n) is 8.67. The van der Waals surface area contributed by atoms with Crippen LogP contribution in [0.3, 0.4) is 0 Å². The summed E-state index contributed by atoms with van der Waals surface area (Å²) in [4.78, 5) is 33.8. The molecule has 0 atom stereocenters. The van der Waals surface area contributed by atoms with E-state index in [-0.39, 0.29) is 11.5 Å². The summed E-state index contributed by atoms with van der Waals surface area (Å²) in [6, 6.07) is 5.94. The van der Waals surface area contributed by atoms with Gasteiger partial charge in [0.1, 0.15) is 23.0 Å². The van der Waals surface area contributed by atoms with Crippen LogP contribution in [0.4, 0.5) is 11.4 Å². The van der Waals surface area contributed by atoms with Gasteiger partial charge in [-0.05, 0) is 56.7 Å². The van der Waals surface area contributed by atoms with Crippen LogP contribution < -0.4 is 26.2 Å². The predicted octanol–water partition coefficient (Wildman–Crippen LogP) is 3.53. The molecule has 1 aromatic carbocycles. The van der Waals surface area contributed by atoms with Crippen LogP contribution in [0.15, 0.2) is 23.0 Å². The number of piperidine rings is 1. The number of hydrogen-bond donors (Lipinski definition) is 4. The van der Waals surface area contributed by atoms with Crippen molar-refractivity contribution in [3.8, 4) is 17.1 Å². The third-order valence-electron chi connectivity index (χ3n) is 6.25. The highest BCUT2D eigenvalue weighted by Gasteiger charge is 2.22. The van der Waals surface area contributed by atoms with Crippen LogP contribution in [0.25, 0.3) is 11.4 Å². The zero-order valence-electron chi connectivity index (χ0n) is 20.4. The zero-order valence-corrected chi connectivity index (χ0v) is 20.4. The number of nitrogens with one attached hydrogen (secondary N) is 3. The normalized spacial score (nSPS) is 14.1. The number of carbonyl (C=O) groups excluding carboxylic acids is 1. The first-order chi connectivity index (χ1) is 16.4. The molecule has 0 spiro atoms. The summed E-state index contributed by atoms with van der Waals surface area (Å²) in [7, 11) is 1.66. The molecule has 9 heteroatoms. The van der Waals surface area contributed by atoms with Crippen molar-refractivity contribution in [2.45, 2.75) is 52.4 Å². The molecule has 0 aliphatic carbocycles. The molecule has 1 amide bonds. The fraction of sp³-hybridized carbons (Fsp3) is 0.520. The van der Waals surface area contributed by atoms with Crippen LogP contribution in [0, 0.1) is 11.3 Å². The maximum absolute atomic E-state index is 12.8. The third-order valence-corrected chi connectivity index (χ3v) is 6.25. The summed E-state index contributed by atoms with van der Waals surface area (Å²) >= 11 is 0. The Morgan fingerprint density at radius 2 is 2.03 bits per heavy atom. The summed E-state index contributed by atoms with van der Waals surface area (Å²) < 4.78 is 5.86. The average Bonchev–Trinajstić information content (AvgIpc) is 2.83. The summed E-state index contributed by atoms with van der Waals surface area (Å²) in [5.41, 5.74) is 7.70. The lowest BCUT2D eigenvalue weighted by Crippen LogP contribution is -2.34. The number of ether oxygens (including phenoxy) is 1. The minimum Gasteiger partial charge on any atom is -0.493 e. The Balaban J connectivity index is 1.94. The number of primary amides is 1. The van der Waals surface area contributed by atoms with E-state index in [1.54, 1.807) is 7.05 Å². The van der Waals surface area contributed by atoms with Gasteiger partial charge in [-0.1, -0.05) is 13.3 Å². The molecule has 0 radical (unpaired) electrons. The summed E-state index contributed by atoms with van der Waals surface area (Å²) in [5, 5.41) is 11.3. The quantitative estimate of drug-likeness (QED) is 0.372. The molecular weight excluding hydrogens is 432 g/mol. The number of aromatic amines is 1. The number of nitrogens with zero attached hydrogens (tertiary/aromatic N) is 2. The number of amides is 1. The molecule has 1 saturated heterocycles. The van der Waals surface area contributed by atoms with Gasteiger partial charge in [0.25, 0.3) is 5.56 Å². The van der Waals surface area contributed by atoms with Crippen LogP contribution in [0.2, 0.25) is 0 Å². The lowest BCUT2D eigenvalue weighted by molar-refractivity contribution is -0.118. The lowest BCUT2D eigenvalue weighted by atomic mass is 9.91. The van der Waals surface area contributed by atoms with E-state index < -0.39 is 0 Å². The van der Waals surface area contributed by atoms with E-state index >= 15 is 0 Å². The Kier molecular flexibility index (Phi) is 8.67. The van der Waals surface area contributed by atoms with Gasteiger partial charge in [-0.15, -0.1) is 0 Å². The van der Waals surface area contributed by atoms with Gasteiger partial charge in [0.15, 0.2) is 0 Å². The van der Waals surface area contributed by atoms with Crippen molar-refractivity contribution in [1.29, 1.82) is 5.41 Å². The molecule has 184 valence electrons. The number of rotatable bonds is 11. The molecule has 1 fully saturated rings. The van der Waals surface area contributed by atoms with Gasteiger partial charge in [-0.3, -0.25) is 9.59 Å². The first kappa shape index (κ1) is 25.3.